The first kappa shape index (κ1) is 10.7. The molecule has 0 saturated carbocycles. The van der Waals surface area contributed by atoms with Crippen LogP contribution in [0.2, 0.25) is 0 Å². The highest BCUT2D eigenvalue weighted by molar-refractivity contribution is 5.33. The first-order valence-corrected chi connectivity index (χ1v) is 5.52. The maximum Gasteiger partial charge on any atom is 0.127 e. The molecule has 1 nitrogen and oxygen atoms in total. The molecule has 1 aromatic carbocycles. The summed E-state index contributed by atoms with van der Waals surface area (Å²) in [4.78, 5) is 0. The van der Waals surface area contributed by atoms with Crippen LogP contribution in [0.5, 0.6) is 5.75 Å². The normalized spacial score (nSPS) is 15.1. The van der Waals surface area contributed by atoms with Gasteiger partial charge in [-0.05, 0) is 44.6 Å². The standard InChI is InChI=1S/C15H16O/c1-12-4-3-5-14(9-6-12)16-15-10-7-13(2)8-11-15/h3,5-11H,4H2,1-2H3. The van der Waals surface area contributed by atoms with Gasteiger partial charge in [0, 0.05) is 0 Å². The molecule has 0 bridgehead atoms. The Hall–Kier alpha value is -1.76. The lowest BCUT2D eigenvalue weighted by molar-refractivity contribution is 0.444. The van der Waals surface area contributed by atoms with Gasteiger partial charge in [0.2, 0.25) is 0 Å². The van der Waals surface area contributed by atoms with E-state index in [2.05, 4.69) is 38.1 Å². The molecule has 0 radical (unpaired) electrons. The molecule has 0 unspecified atom stereocenters. The smallest absolute Gasteiger partial charge is 0.127 e. The highest BCUT2D eigenvalue weighted by Crippen LogP contribution is 2.17. The van der Waals surface area contributed by atoms with Crippen LogP contribution in [0.15, 0.2) is 59.9 Å². The predicted molar refractivity (Wildman–Crippen MR) is 67.4 cm³/mol. The summed E-state index contributed by atoms with van der Waals surface area (Å²) in [7, 11) is 0. The molecule has 1 aromatic rings. The lowest BCUT2D eigenvalue weighted by atomic mass is 10.2. The molecular formula is C15H16O. The zero-order valence-electron chi connectivity index (χ0n) is 9.73. The van der Waals surface area contributed by atoms with Crippen molar-refractivity contribution in [3.63, 3.8) is 0 Å². The van der Waals surface area contributed by atoms with E-state index in [0.29, 0.717) is 0 Å². The van der Waals surface area contributed by atoms with Gasteiger partial charge in [0.15, 0.2) is 0 Å². The van der Waals surface area contributed by atoms with Gasteiger partial charge < -0.3 is 4.74 Å². The molecule has 2 rings (SSSR count). The molecule has 16 heavy (non-hydrogen) atoms. The van der Waals surface area contributed by atoms with E-state index in [4.69, 9.17) is 4.74 Å². The lowest BCUT2D eigenvalue weighted by Crippen LogP contribution is -1.91. The number of aryl methyl sites for hydroxylation is 1. The Balaban J connectivity index is 2.13. The van der Waals surface area contributed by atoms with Crippen molar-refractivity contribution in [1.29, 1.82) is 0 Å². The maximum absolute atomic E-state index is 5.77. The number of benzene rings is 1. The fourth-order valence-corrected chi connectivity index (χ4v) is 1.52. The van der Waals surface area contributed by atoms with Gasteiger partial charge in [-0.2, -0.15) is 0 Å². The molecule has 0 saturated heterocycles. The number of ether oxygens (including phenoxy) is 1. The summed E-state index contributed by atoms with van der Waals surface area (Å²) in [5.41, 5.74) is 2.59. The monoisotopic (exact) mass is 212 g/mol. The van der Waals surface area contributed by atoms with Crippen molar-refractivity contribution in [2.45, 2.75) is 20.3 Å². The first-order chi connectivity index (χ1) is 7.74. The average Bonchev–Trinajstić information content (AvgIpc) is 2.47. The SMILES string of the molecule is CC1=CC=C(Oc2ccc(C)cc2)C=CC1. The second-order valence-corrected chi connectivity index (χ2v) is 4.10. The van der Waals surface area contributed by atoms with Crippen LogP contribution in [-0.2, 0) is 0 Å². The molecule has 0 heterocycles. The Bertz CT molecular complexity index is 447. The third-order valence-electron chi connectivity index (χ3n) is 2.51. The van der Waals surface area contributed by atoms with Crippen molar-refractivity contribution < 1.29 is 4.74 Å². The van der Waals surface area contributed by atoms with Gasteiger partial charge in [-0.1, -0.05) is 35.4 Å². The van der Waals surface area contributed by atoms with Crippen molar-refractivity contribution in [3.05, 3.63) is 65.5 Å². The Morgan fingerprint density at radius 2 is 1.75 bits per heavy atom. The van der Waals surface area contributed by atoms with Crippen LogP contribution in [0.4, 0.5) is 0 Å². The van der Waals surface area contributed by atoms with Gasteiger partial charge in [-0.15, -0.1) is 0 Å². The van der Waals surface area contributed by atoms with E-state index in [1.54, 1.807) is 0 Å². The second kappa shape index (κ2) is 4.84. The summed E-state index contributed by atoms with van der Waals surface area (Å²) in [6.07, 6.45) is 9.26. The van der Waals surface area contributed by atoms with E-state index in [0.717, 1.165) is 17.9 Å². The van der Waals surface area contributed by atoms with E-state index in [-0.39, 0.29) is 0 Å². The highest BCUT2D eigenvalue weighted by Gasteiger charge is 1.99. The average molecular weight is 212 g/mol. The van der Waals surface area contributed by atoms with Crippen molar-refractivity contribution in [2.75, 3.05) is 0 Å². The minimum Gasteiger partial charge on any atom is -0.457 e. The minimum atomic E-state index is 0.884. The van der Waals surface area contributed by atoms with Gasteiger partial charge in [0.05, 0.1) is 0 Å². The Kier molecular flexibility index (Phi) is 3.25. The fourth-order valence-electron chi connectivity index (χ4n) is 1.52. The third-order valence-corrected chi connectivity index (χ3v) is 2.51. The third kappa shape index (κ3) is 2.86. The predicted octanol–water partition coefficient (Wildman–Crippen LogP) is 4.16. The molecule has 1 aliphatic rings. The van der Waals surface area contributed by atoms with Gasteiger partial charge in [0.1, 0.15) is 11.5 Å². The molecule has 0 N–H and O–H groups in total. The number of allylic oxidation sites excluding steroid dienone is 5. The van der Waals surface area contributed by atoms with Crippen LogP contribution in [0, 0.1) is 6.92 Å². The largest absolute Gasteiger partial charge is 0.457 e. The summed E-state index contributed by atoms with van der Waals surface area (Å²) >= 11 is 0. The van der Waals surface area contributed by atoms with E-state index in [9.17, 15) is 0 Å². The van der Waals surface area contributed by atoms with Crippen molar-refractivity contribution >= 4 is 0 Å². The molecule has 82 valence electrons. The number of hydrogen-bond donors (Lipinski definition) is 0. The molecule has 0 atom stereocenters. The molecule has 1 aliphatic carbocycles. The topological polar surface area (TPSA) is 9.23 Å². The van der Waals surface area contributed by atoms with Crippen molar-refractivity contribution in [3.8, 4) is 5.75 Å². The summed E-state index contributed by atoms with van der Waals surface area (Å²) in [6, 6.07) is 8.09. The van der Waals surface area contributed by atoms with Crippen LogP contribution < -0.4 is 4.74 Å². The Morgan fingerprint density at radius 3 is 2.50 bits per heavy atom. The number of rotatable bonds is 2. The number of hydrogen-bond acceptors (Lipinski definition) is 1. The summed E-state index contributed by atoms with van der Waals surface area (Å²) in [5.74, 6) is 1.77. The van der Waals surface area contributed by atoms with E-state index in [1.807, 2.05) is 24.3 Å². The highest BCUT2D eigenvalue weighted by atomic mass is 16.5. The van der Waals surface area contributed by atoms with Crippen LogP contribution >= 0.6 is 0 Å². The van der Waals surface area contributed by atoms with Crippen LogP contribution in [0.3, 0.4) is 0 Å². The fraction of sp³-hybridized carbons (Fsp3) is 0.200. The molecule has 0 amide bonds. The Labute approximate surface area is 96.8 Å². The van der Waals surface area contributed by atoms with E-state index in [1.165, 1.54) is 11.1 Å². The maximum atomic E-state index is 5.77. The van der Waals surface area contributed by atoms with E-state index < -0.39 is 0 Å². The van der Waals surface area contributed by atoms with Crippen LogP contribution in [0.1, 0.15) is 18.9 Å². The molecule has 0 aliphatic heterocycles. The quantitative estimate of drug-likeness (QED) is 0.715. The molecule has 1 heteroatoms. The lowest BCUT2D eigenvalue weighted by Gasteiger charge is -2.05. The van der Waals surface area contributed by atoms with Gasteiger partial charge in [0.25, 0.3) is 0 Å². The van der Waals surface area contributed by atoms with Crippen molar-refractivity contribution in [1.82, 2.24) is 0 Å². The Morgan fingerprint density at radius 1 is 1.00 bits per heavy atom. The summed E-state index contributed by atoms with van der Waals surface area (Å²) in [6.45, 7) is 4.19. The van der Waals surface area contributed by atoms with Crippen molar-refractivity contribution in [2.24, 2.45) is 0 Å². The van der Waals surface area contributed by atoms with Gasteiger partial charge in [-0.3, -0.25) is 0 Å². The van der Waals surface area contributed by atoms with Crippen LogP contribution in [-0.4, -0.2) is 0 Å². The van der Waals surface area contributed by atoms with Gasteiger partial charge in [-0.25, -0.2) is 0 Å². The minimum absolute atomic E-state index is 0.884. The molecule has 0 spiro atoms. The zero-order chi connectivity index (χ0) is 11.4. The summed E-state index contributed by atoms with van der Waals surface area (Å²) < 4.78 is 5.77. The molecule has 0 fully saturated rings. The molecular weight excluding hydrogens is 196 g/mol. The second-order valence-electron chi connectivity index (χ2n) is 4.10. The zero-order valence-corrected chi connectivity index (χ0v) is 9.73. The molecule has 0 aromatic heterocycles. The first-order valence-electron chi connectivity index (χ1n) is 5.52. The van der Waals surface area contributed by atoms with Crippen LogP contribution in [0.25, 0.3) is 0 Å². The van der Waals surface area contributed by atoms with E-state index >= 15 is 0 Å². The summed E-state index contributed by atoms with van der Waals surface area (Å²) in [5, 5.41) is 0. The van der Waals surface area contributed by atoms with Gasteiger partial charge >= 0.3 is 0 Å².